The molecule has 2 unspecified atom stereocenters. The summed E-state index contributed by atoms with van der Waals surface area (Å²) >= 11 is 0. The van der Waals surface area contributed by atoms with E-state index in [0.717, 1.165) is 12.1 Å². The SMILES string of the molecule is CCCC(C)CNC(CO)c1ccccc1. The minimum Gasteiger partial charge on any atom is -0.394 e. The summed E-state index contributed by atoms with van der Waals surface area (Å²) in [6, 6.07) is 10.2. The zero-order valence-electron chi connectivity index (χ0n) is 10.3. The zero-order valence-corrected chi connectivity index (χ0v) is 10.3. The first-order valence-electron chi connectivity index (χ1n) is 6.17. The highest BCUT2D eigenvalue weighted by atomic mass is 16.3. The predicted molar refractivity (Wildman–Crippen MR) is 68.3 cm³/mol. The highest BCUT2D eigenvalue weighted by molar-refractivity contribution is 5.18. The van der Waals surface area contributed by atoms with E-state index in [-0.39, 0.29) is 12.6 Å². The summed E-state index contributed by atoms with van der Waals surface area (Å²) in [7, 11) is 0. The van der Waals surface area contributed by atoms with Crippen LogP contribution >= 0.6 is 0 Å². The van der Waals surface area contributed by atoms with Gasteiger partial charge in [0.1, 0.15) is 0 Å². The van der Waals surface area contributed by atoms with E-state index in [4.69, 9.17) is 0 Å². The van der Waals surface area contributed by atoms with Gasteiger partial charge in [-0.25, -0.2) is 0 Å². The van der Waals surface area contributed by atoms with Crippen LogP contribution in [0.4, 0.5) is 0 Å². The normalized spacial score (nSPS) is 14.7. The topological polar surface area (TPSA) is 32.3 Å². The number of benzene rings is 1. The van der Waals surface area contributed by atoms with Crippen LogP contribution in [0.15, 0.2) is 30.3 Å². The van der Waals surface area contributed by atoms with Crippen molar-refractivity contribution in [3.05, 3.63) is 35.9 Å². The molecule has 2 atom stereocenters. The van der Waals surface area contributed by atoms with Crippen molar-refractivity contribution in [3.8, 4) is 0 Å². The lowest BCUT2D eigenvalue weighted by molar-refractivity contribution is 0.239. The van der Waals surface area contributed by atoms with Crippen LogP contribution in [0, 0.1) is 5.92 Å². The molecule has 0 fully saturated rings. The molecule has 0 heterocycles. The van der Waals surface area contributed by atoms with Gasteiger partial charge in [0.25, 0.3) is 0 Å². The molecule has 0 saturated carbocycles. The van der Waals surface area contributed by atoms with Gasteiger partial charge in [-0.3, -0.25) is 0 Å². The van der Waals surface area contributed by atoms with Gasteiger partial charge >= 0.3 is 0 Å². The van der Waals surface area contributed by atoms with E-state index in [1.165, 1.54) is 12.8 Å². The summed E-state index contributed by atoms with van der Waals surface area (Å²) < 4.78 is 0. The number of aliphatic hydroxyl groups excluding tert-OH is 1. The molecule has 16 heavy (non-hydrogen) atoms. The van der Waals surface area contributed by atoms with Crippen LogP contribution in [0.3, 0.4) is 0 Å². The maximum absolute atomic E-state index is 9.36. The number of hydrogen-bond acceptors (Lipinski definition) is 2. The lowest BCUT2D eigenvalue weighted by Crippen LogP contribution is -2.28. The monoisotopic (exact) mass is 221 g/mol. The fraction of sp³-hybridized carbons (Fsp3) is 0.571. The third kappa shape index (κ3) is 4.33. The Hall–Kier alpha value is -0.860. The molecule has 0 aromatic heterocycles. The highest BCUT2D eigenvalue weighted by Crippen LogP contribution is 2.13. The quantitative estimate of drug-likeness (QED) is 0.742. The van der Waals surface area contributed by atoms with Crippen molar-refractivity contribution < 1.29 is 5.11 Å². The van der Waals surface area contributed by atoms with Crippen LogP contribution < -0.4 is 5.32 Å². The number of hydrogen-bond donors (Lipinski definition) is 2. The van der Waals surface area contributed by atoms with Crippen molar-refractivity contribution >= 4 is 0 Å². The zero-order chi connectivity index (χ0) is 11.8. The molecule has 1 rings (SSSR count). The molecule has 0 aliphatic heterocycles. The van der Waals surface area contributed by atoms with Gasteiger partial charge in [0, 0.05) is 0 Å². The molecule has 0 saturated heterocycles. The summed E-state index contributed by atoms with van der Waals surface area (Å²) in [5, 5.41) is 12.8. The molecule has 0 spiro atoms. The molecule has 0 aliphatic rings. The van der Waals surface area contributed by atoms with Gasteiger partial charge in [-0.15, -0.1) is 0 Å². The van der Waals surface area contributed by atoms with Gasteiger partial charge in [-0.2, -0.15) is 0 Å². The average molecular weight is 221 g/mol. The summed E-state index contributed by atoms with van der Waals surface area (Å²) in [5.41, 5.74) is 1.16. The van der Waals surface area contributed by atoms with Crippen molar-refractivity contribution in [2.45, 2.75) is 32.7 Å². The molecule has 0 aliphatic carbocycles. The van der Waals surface area contributed by atoms with E-state index in [0.29, 0.717) is 5.92 Å². The second-order valence-electron chi connectivity index (χ2n) is 4.45. The van der Waals surface area contributed by atoms with Crippen LogP contribution in [-0.2, 0) is 0 Å². The van der Waals surface area contributed by atoms with E-state index >= 15 is 0 Å². The Balaban J connectivity index is 2.44. The smallest absolute Gasteiger partial charge is 0.0626 e. The molecule has 1 aromatic rings. The molecule has 0 radical (unpaired) electrons. The lowest BCUT2D eigenvalue weighted by atomic mass is 10.0. The van der Waals surface area contributed by atoms with Crippen LogP contribution in [0.25, 0.3) is 0 Å². The maximum Gasteiger partial charge on any atom is 0.0626 e. The van der Waals surface area contributed by atoms with E-state index in [2.05, 4.69) is 31.3 Å². The molecular weight excluding hydrogens is 198 g/mol. The second kappa shape index (κ2) is 7.42. The van der Waals surface area contributed by atoms with Gasteiger partial charge in [0.15, 0.2) is 0 Å². The summed E-state index contributed by atoms with van der Waals surface area (Å²) in [6.07, 6.45) is 2.46. The third-order valence-electron chi connectivity index (χ3n) is 2.88. The molecule has 0 bridgehead atoms. The fourth-order valence-corrected chi connectivity index (χ4v) is 1.91. The van der Waals surface area contributed by atoms with Crippen molar-refractivity contribution in [1.29, 1.82) is 0 Å². The standard InChI is InChI=1S/C14H23NO/c1-3-7-12(2)10-15-14(11-16)13-8-5-4-6-9-13/h4-6,8-9,12,14-16H,3,7,10-11H2,1-2H3. The number of nitrogens with one attached hydrogen (secondary N) is 1. The van der Waals surface area contributed by atoms with E-state index < -0.39 is 0 Å². The third-order valence-corrected chi connectivity index (χ3v) is 2.88. The Morgan fingerprint density at radius 3 is 2.50 bits per heavy atom. The fourth-order valence-electron chi connectivity index (χ4n) is 1.91. The minimum absolute atomic E-state index is 0.0699. The van der Waals surface area contributed by atoms with E-state index in [9.17, 15) is 5.11 Å². The van der Waals surface area contributed by atoms with Crippen LogP contribution in [0.2, 0.25) is 0 Å². The van der Waals surface area contributed by atoms with E-state index in [1.54, 1.807) is 0 Å². The molecular formula is C14H23NO. The molecule has 0 amide bonds. The largest absolute Gasteiger partial charge is 0.394 e. The van der Waals surface area contributed by atoms with Gasteiger partial charge in [0.2, 0.25) is 0 Å². The first-order valence-corrected chi connectivity index (χ1v) is 6.17. The van der Waals surface area contributed by atoms with Crippen LogP contribution in [0.1, 0.15) is 38.3 Å². The number of aliphatic hydroxyl groups is 1. The van der Waals surface area contributed by atoms with Crippen molar-refractivity contribution in [2.75, 3.05) is 13.2 Å². The lowest BCUT2D eigenvalue weighted by Gasteiger charge is -2.19. The molecule has 2 N–H and O–H groups in total. The first-order chi connectivity index (χ1) is 7.77. The summed E-state index contributed by atoms with van der Waals surface area (Å²) in [6.45, 7) is 5.57. The molecule has 2 heteroatoms. The highest BCUT2D eigenvalue weighted by Gasteiger charge is 2.10. The van der Waals surface area contributed by atoms with Crippen molar-refractivity contribution in [2.24, 2.45) is 5.92 Å². The summed E-state index contributed by atoms with van der Waals surface area (Å²) in [5.74, 6) is 0.669. The summed E-state index contributed by atoms with van der Waals surface area (Å²) in [4.78, 5) is 0. The second-order valence-corrected chi connectivity index (χ2v) is 4.45. The van der Waals surface area contributed by atoms with E-state index in [1.807, 2.05) is 18.2 Å². The van der Waals surface area contributed by atoms with Crippen molar-refractivity contribution in [1.82, 2.24) is 5.32 Å². The van der Waals surface area contributed by atoms with Gasteiger partial charge in [0.05, 0.1) is 12.6 Å². The molecule has 2 nitrogen and oxygen atoms in total. The predicted octanol–water partition coefficient (Wildman–Crippen LogP) is 2.75. The Morgan fingerprint density at radius 1 is 1.25 bits per heavy atom. The molecule has 90 valence electrons. The Morgan fingerprint density at radius 2 is 1.94 bits per heavy atom. The number of rotatable bonds is 7. The van der Waals surface area contributed by atoms with Crippen molar-refractivity contribution in [3.63, 3.8) is 0 Å². The van der Waals surface area contributed by atoms with Gasteiger partial charge in [-0.05, 0) is 24.4 Å². The average Bonchev–Trinajstić information content (AvgIpc) is 2.31. The Labute approximate surface area is 98.7 Å². The van der Waals surface area contributed by atoms with Crippen LogP contribution in [0.5, 0.6) is 0 Å². The van der Waals surface area contributed by atoms with Gasteiger partial charge in [-0.1, -0.05) is 50.6 Å². The molecule has 1 aromatic carbocycles. The minimum atomic E-state index is 0.0699. The maximum atomic E-state index is 9.36. The first kappa shape index (κ1) is 13.2. The Kier molecular flexibility index (Phi) is 6.12. The van der Waals surface area contributed by atoms with Crippen LogP contribution in [-0.4, -0.2) is 18.3 Å². The van der Waals surface area contributed by atoms with Gasteiger partial charge < -0.3 is 10.4 Å². The Bertz CT molecular complexity index is 273.